The molecule has 27 heavy (non-hydrogen) atoms. The van der Waals surface area contributed by atoms with Crippen molar-refractivity contribution in [3.63, 3.8) is 0 Å². The average molecular weight is 384 g/mol. The number of benzene rings is 1. The number of carbonyl (C=O) groups excluding carboxylic acids is 1. The van der Waals surface area contributed by atoms with Gasteiger partial charge in [-0.25, -0.2) is 19.7 Å². The third-order valence-corrected chi connectivity index (χ3v) is 4.32. The zero-order valence-corrected chi connectivity index (χ0v) is 16.1. The number of hydrogen-bond donors (Lipinski definition) is 3. The summed E-state index contributed by atoms with van der Waals surface area (Å²) in [4.78, 5) is 25.0. The Morgan fingerprint density at radius 2 is 2.00 bits per heavy atom. The number of ether oxygens (including phenoxy) is 1. The Labute approximate surface area is 162 Å². The Kier molecular flexibility index (Phi) is 5.60. The highest BCUT2D eigenvalue weighted by Crippen LogP contribution is 2.25. The first-order valence-electron chi connectivity index (χ1n) is 8.33. The van der Waals surface area contributed by atoms with E-state index >= 15 is 0 Å². The third-order valence-electron chi connectivity index (χ3n) is 3.86. The van der Waals surface area contributed by atoms with Crippen LogP contribution in [0.5, 0.6) is 5.75 Å². The molecule has 0 aliphatic rings. The number of nitrogens with one attached hydrogen (secondary N) is 2. The number of urea groups is 1. The number of rotatable bonds is 5. The summed E-state index contributed by atoms with van der Waals surface area (Å²) in [6.07, 6.45) is 1.48. The van der Waals surface area contributed by atoms with Crippen molar-refractivity contribution in [3.8, 4) is 5.75 Å². The minimum absolute atomic E-state index is 0.307. The topological polar surface area (TPSA) is 92.3 Å². The predicted octanol–water partition coefficient (Wildman–Crippen LogP) is 3.78. The monoisotopic (exact) mass is 384 g/mol. The largest absolute Gasteiger partial charge is 0.496 e. The van der Waals surface area contributed by atoms with Gasteiger partial charge >= 0.3 is 6.03 Å². The zero-order chi connectivity index (χ0) is 19.4. The summed E-state index contributed by atoms with van der Waals surface area (Å²) in [6.45, 7) is 4.26. The molecule has 0 saturated carbocycles. The zero-order valence-electron chi connectivity index (χ0n) is 15.2. The van der Waals surface area contributed by atoms with Crippen molar-refractivity contribution in [2.75, 3.05) is 24.3 Å². The van der Waals surface area contributed by atoms with Crippen LogP contribution >= 0.6 is 12.8 Å². The molecule has 0 radical (unpaired) electrons. The maximum atomic E-state index is 11.9. The lowest BCUT2D eigenvalue weighted by Gasteiger charge is -2.13. The molecule has 0 fully saturated rings. The lowest BCUT2D eigenvalue weighted by Crippen LogP contribution is -2.27. The highest BCUT2D eigenvalue weighted by atomic mass is 32.1. The van der Waals surface area contributed by atoms with Crippen LogP contribution in [0.25, 0.3) is 11.2 Å². The second kappa shape index (κ2) is 8.09. The van der Waals surface area contributed by atoms with Gasteiger partial charge < -0.3 is 10.1 Å². The molecule has 0 atom stereocenters. The molecule has 3 rings (SSSR count). The number of aryl methyl sites for hydroxylation is 1. The van der Waals surface area contributed by atoms with Gasteiger partial charge in [0.15, 0.2) is 11.5 Å². The van der Waals surface area contributed by atoms with E-state index in [1.807, 2.05) is 44.2 Å². The van der Waals surface area contributed by atoms with Gasteiger partial charge in [-0.05, 0) is 37.6 Å². The first-order chi connectivity index (χ1) is 13.0. The van der Waals surface area contributed by atoms with E-state index < -0.39 is 0 Å². The van der Waals surface area contributed by atoms with E-state index in [1.54, 1.807) is 7.11 Å². The summed E-state index contributed by atoms with van der Waals surface area (Å²) in [7, 11) is 1.64. The molecular weight excluding hydrogens is 364 g/mol. The van der Waals surface area contributed by atoms with Crippen molar-refractivity contribution in [2.24, 2.45) is 0 Å². The maximum Gasteiger partial charge on any atom is 0.332 e. The summed E-state index contributed by atoms with van der Waals surface area (Å²) in [5.41, 5.74) is 2.93. The van der Waals surface area contributed by atoms with Gasteiger partial charge in [0, 0.05) is 18.3 Å². The predicted molar refractivity (Wildman–Crippen MR) is 109 cm³/mol. The van der Waals surface area contributed by atoms with Crippen LogP contribution in [0.15, 0.2) is 36.5 Å². The van der Waals surface area contributed by atoms with Crippen LogP contribution in [0, 0.1) is 6.92 Å². The number of hydrogen-bond acceptors (Lipinski definition) is 7. The molecule has 1 aromatic carbocycles. The molecule has 3 aromatic rings. The second-order valence-electron chi connectivity index (χ2n) is 5.75. The lowest BCUT2D eigenvalue weighted by molar-refractivity contribution is 0.240. The van der Waals surface area contributed by atoms with Crippen LogP contribution in [0.3, 0.4) is 0 Å². The number of thiol groups is 1. The fourth-order valence-electron chi connectivity index (χ4n) is 2.39. The number of fused-ring (bicyclic) bond motifs is 1. The Morgan fingerprint density at radius 3 is 2.74 bits per heavy atom. The highest BCUT2D eigenvalue weighted by molar-refractivity contribution is 7.78. The summed E-state index contributed by atoms with van der Waals surface area (Å²) >= 11 is 4.06. The molecule has 2 aromatic heterocycles. The summed E-state index contributed by atoms with van der Waals surface area (Å²) in [5, 5.41) is 5.85. The van der Waals surface area contributed by atoms with Crippen molar-refractivity contribution in [2.45, 2.75) is 13.8 Å². The lowest BCUT2D eigenvalue weighted by atomic mass is 10.2. The van der Waals surface area contributed by atoms with E-state index in [4.69, 9.17) is 4.74 Å². The van der Waals surface area contributed by atoms with Gasteiger partial charge in [-0.3, -0.25) is 9.62 Å². The van der Waals surface area contributed by atoms with E-state index in [0.717, 1.165) is 17.0 Å². The molecule has 0 spiro atoms. The van der Waals surface area contributed by atoms with Gasteiger partial charge in [0.05, 0.1) is 13.3 Å². The van der Waals surface area contributed by atoms with E-state index in [-0.39, 0.29) is 6.03 Å². The molecule has 2 amide bonds. The molecule has 0 aliphatic carbocycles. The van der Waals surface area contributed by atoms with Crippen molar-refractivity contribution in [1.82, 2.24) is 19.3 Å². The van der Waals surface area contributed by atoms with Gasteiger partial charge in [-0.1, -0.05) is 18.9 Å². The standard InChI is InChI=1S/C18H20N6O2S/c1-4-24(27)18(25)23-16-10-19-13-7-8-15(21-17(13)22-16)20-12-6-5-11(2)14(9-12)26-3/h5-10,27H,4H2,1-3H3,(H2,20,21,22,23,25). The number of anilines is 3. The number of methoxy groups -OCH3 is 1. The van der Waals surface area contributed by atoms with E-state index in [2.05, 4.69) is 38.4 Å². The number of carbonyl (C=O) groups is 1. The SMILES string of the molecule is CCN(S)C(=O)Nc1cnc2ccc(Nc3ccc(C)c(OC)c3)nc2n1. The molecule has 0 unspecified atom stereocenters. The fraction of sp³-hybridized carbons (Fsp3) is 0.222. The summed E-state index contributed by atoms with van der Waals surface area (Å²) in [5.74, 6) is 1.70. The quantitative estimate of drug-likeness (QED) is 0.580. The van der Waals surface area contributed by atoms with E-state index in [1.165, 1.54) is 10.5 Å². The molecule has 0 bridgehead atoms. The first-order valence-corrected chi connectivity index (χ1v) is 8.73. The van der Waals surface area contributed by atoms with Crippen LogP contribution in [0.1, 0.15) is 12.5 Å². The van der Waals surface area contributed by atoms with Crippen molar-refractivity contribution in [3.05, 3.63) is 42.1 Å². The molecule has 9 heteroatoms. The third kappa shape index (κ3) is 4.37. The number of pyridine rings is 1. The molecule has 2 N–H and O–H groups in total. The van der Waals surface area contributed by atoms with Crippen LogP contribution in [-0.4, -0.2) is 38.9 Å². The maximum absolute atomic E-state index is 11.9. The van der Waals surface area contributed by atoms with Crippen molar-refractivity contribution < 1.29 is 9.53 Å². The van der Waals surface area contributed by atoms with Crippen LogP contribution < -0.4 is 15.4 Å². The van der Waals surface area contributed by atoms with E-state index in [0.29, 0.717) is 29.3 Å². The fourth-order valence-corrected chi connectivity index (χ4v) is 2.44. The average Bonchev–Trinajstić information content (AvgIpc) is 2.68. The van der Waals surface area contributed by atoms with E-state index in [9.17, 15) is 4.79 Å². The number of amides is 2. The van der Waals surface area contributed by atoms with Gasteiger partial charge in [-0.15, -0.1) is 0 Å². The highest BCUT2D eigenvalue weighted by Gasteiger charge is 2.10. The van der Waals surface area contributed by atoms with Gasteiger partial charge in [0.25, 0.3) is 0 Å². The van der Waals surface area contributed by atoms with Crippen molar-refractivity contribution >= 4 is 47.3 Å². The molecule has 0 aliphatic heterocycles. The minimum Gasteiger partial charge on any atom is -0.496 e. The van der Waals surface area contributed by atoms with Gasteiger partial charge in [0.1, 0.15) is 17.1 Å². The van der Waals surface area contributed by atoms with Gasteiger partial charge in [-0.2, -0.15) is 0 Å². The molecular formula is C18H20N6O2S. The normalized spacial score (nSPS) is 10.5. The van der Waals surface area contributed by atoms with Crippen LogP contribution in [0.2, 0.25) is 0 Å². The summed E-state index contributed by atoms with van der Waals surface area (Å²) < 4.78 is 6.58. The number of aromatic nitrogens is 3. The molecule has 8 nitrogen and oxygen atoms in total. The minimum atomic E-state index is -0.379. The van der Waals surface area contributed by atoms with Gasteiger partial charge in [0.2, 0.25) is 0 Å². The Hall–Kier alpha value is -3.07. The number of nitrogens with zero attached hydrogens (tertiary/aromatic N) is 4. The van der Waals surface area contributed by atoms with Crippen LogP contribution in [-0.2, 0) is 0 Å². The van der Waals surface area contributed by atoms with Crippen molar-refractivity contribution in [1.29, 1.82) is 0 Å². The smallest absolute Gasteiger partial charge is 0.332 e. The second-order valence-corrected chi connectivity index (χ2v) is 6.23. The Balaban J connectivity index is 1.84. The Morgan fingerprint density at radius 1 is 1.22 bits per heavy atom. The Bertz CT molecular complexity index is 981. The molecule has 2 heterocycles. The first kappa shape index (κ1) is 18.7. The van der Waals surface area contributed by atoms with Crippen LogP contribution in [0.4, 0.5) is 22.1 Å². The molecule has 0 saturated heterocycles. The molecule has 140 valence electrons. The summed E-state index contributed by atoms with van der Waals surface area (Å²) in [6, 6.07) is 9.05.